The maximum Gasteiger partial charge on any atom is 0.282 e. The average Bonchev–Trinajstić information content (AvgIpc) is 3.12. The number of fused-ring (bicyclic) bond motifs is 1. The molecule has 1 saturated heterocycles. The Labute approximate surface area is 172 Å². The van der Waals surface area contributed by atoms with E-state index in [9.17, 15) is 13.0 Å². The molecule has 3 aromatic heterocycles. The van der Waals surface area contributed by atoms with Crippen LogP contribution >= 0.6 is 0 Å². The molecule has 0 aromatic carbocycles. The van der Waals surface area contributed by atoms with Gasteiger partial charge in [0, 0.05) is 28.6 Å². The zero-order valence-electron chi connectivity index (χ0n) is 16.4. The summed E-state index contributed by atoms with van der Waals surface area (Å²) in [4.78, 5) is 14.8. The van der Waals surface area contributed by atoms with Crippen molar-refractivity contribution >= 4 is 21.2 Å². The minimum Gasteiger partial charge on any atom is -0.373 e. The Balaban J connectivity index is 1.68. The summed E-state index contributed by atoms with van der Waals surface area (Å²) in [5, 5.41) is 3.98. The van der Waals surface area contributed by atoms with Crippen LogP contribution in [0, 0.1) is 4.78 Å². The molecule has 30 heavy (non-hydrogen) atoms. The average molecular weight is 437 g/mol. The number of halogens is 2. The van der Waals surface area contributed by atoms with Crippen molar-refractivity contribution in [3.05, 3.63) is 36.4 Å². The van der Waals surface area contributed by atoms with Crippen LogP contribution in [0.25, 0.3) is 17.0 Å². The van der Waals surface area contributed by atoms with Gasteiger partial charge in [-0.25, -0.2) is 28.2 Å². The van der Waals surface area contributed by atoms with Gasteiger partial charge in [0.15, 0.2) is 5.65 Å². The topological polar surface area (TPSA) is 109 Å². The van der Waals surface area contributed by atoms with Gasteiger partial charge in [0.2, 0.25) is 0 Å². The molecule has 1 aliphatic heterocycles. The maximum absolute atomic E-state index is 13.1. The molecule has 1 N–H and O–H groups in total. The summed E-state index contributed by atoms with van der Waals surface area (Å²) in [5.74, 6) is 0.754. The monoisotopic (exact) mass is 437 g/mol. The van der Waals surface area contributed by atoms with E-state index >= 15 is 0 Å². The molecule has 4 heterocycles. The fourth-order valence-corrected chi connectivity index (χ4v) is 4.49. The van der Waals surface area contributed by atoms with Crippen molar-refractivity contribution in [2.24, 2.45) is 0 Å². The van der Waals surface area contributed by atoms with Crippen molar-refractivity contribution < 1.29 is 17.7 Å². The maximum atomic E-state index is 13.1. The van der Waals surface area contributed by atoms with E-state index in [4.69, 9.17) is 9.52 Å². The van der Waals surface area contributed by atoms with Gasteiger partial charge in [0.25, 0.3) is 6.43 Å². The number of aromatic nitrogens is 5. The summed E-state index contributed by atoms with van der Waals surface area (Å²) in [6.07, 6.45) is 1.27. The molecule has 3 unspecified atom stereocenters. The first-order valence-electron chi connectivity index (χ1n) is 9.28. The predicted octanol–water partition coefficient (Wildman–Crippen LogP) is 2.39. The molecular weight excluding hydrogens is 416 g/mol. The highest BCUT2D eigenvalue weighted by Gasteiger charge is 2.31. The molecule has 0 amide bonds. The van der Waals surface area contributed by atoms with Crippen LogP contribution in [0.15, 0.2) is 30.7 Å². The van der Waals surface area contributed by atoms with Crippen LogP contribution in [-0.4, -0.2) is 66.1 Å². The molecule has 3 atom stereocenters. The Morgan fingerprint density at radius 1 is 1.33 bits per heavy atom. The zero-order valence-corrected chi connectivity index (χ0v) is 17.2. The third-order valence-corrected chi connectivity index (χ3v) is 5.96. The molecular formula is C18H21F2N7O2S. The smallest absolute Gasteiger partial charge is 0.282 e. The molecule has 4 rings (SSSR count). The number of ether oxygens (including phenoxy) is 1. The van der Waals surface area contributed by atoms with E-state index in [1.54, 1.807) is 6.07 Å². The first kappa shape index (κ1) is 20.5. The minimum atomic E-state index is -2.71. The molecule has 1 aliphatic rings. The molecule has 160 valence electrons. The Bertz CT molecular complexity index is 1170. The SMILES string of the molecule is CC1C(CS(C)(=N)=O)OCCN1c1cc(-c2cnc3ccc(C(F)F)nn23)ncn1. The molecule has 1 fully saturated rings. The highest BCUT2D eigenvalue weighted by atomic mass is 32.2. The summed E-state index contributed by atoms with van der Waals surface area (Å²) in [5.41, 5.74) is 1.04. The third-order valence-electron chi connectivity index (χ3n) is 4.99. The highest BCUT2D eigenvalue weighted by Crippen LogP contribution is 2.26. The second-order valence-corrected chi connectivity index (χ2v) is 9.59. The number of alkyl halides is 2. The van der Waals surface area contributed by atoms with Crippen LogP contribution in [0.5, 0.6) is 0 Å². The number of nitrogens with one attached hydrogen (secondary N) is 1. The summed E-state index contributed by atoms with van der Waals surface area (Å²) >= 11 is 0. The van der Waals surface area contributed by atoms with Gasteiger partial charge in [-0.05, 0) is 19.1 Å². The standard InChI is InChI=1S/C18H21F2N7O2S/c1-11-15(9-30(2,21)28)29-6-5-26(11)17-7-13(23-10-24-17)14-8-22-16-4-3-12(18(19)20)25-27(14)16/h3-4,7-8,10-11,15,18,21H,5-6,9H2,1-2H3. The minimum absolute atomic E-state index is 0.135. The van der Waals surface area contributed by atoms with Gasteiger partial charge in [-0.2, -0.15) is 5.10 Å². The van der Waals surface area contributed by atoms with Crippen LogP contribution < -0.4 is 4.90 Å². The van der Waals surface area contributed by atoms with Crippen molar-refractivity contribution in [3.8, 4) is 11.4 Å². The van der Waals surface area contributed by atoms with E-state index in [1.165, 1.54) is 35.4 Å². The normalized spacial score (nSPS) is 21.8. The zero-order chi connectivity index (χ0) is 21.5. The van der Waals surface area contributed by atoms with Gasteiger partial charge in [0.1, 0.15) is 23.5 Å². The van der Waals surface area contributed by atoms with E-state index in [0.717, 1.165) is 0 Å². The predicted molar refractivity (Wildman–Crippen MR) is 107 cm³/mol. The van der Waals surface area contributed by atoms with E-state index in [0.29, 0.717) is 36.0 Å². The van der Waals surface area contributed by atoms with Crippen molar-refractivity contribution in [2.75, 3.05) is 30.1 Å². The molecule has 0 spiro atoms. The Hall–Kier alpha value is -2.73. The first-order valence-corrected chi connectivity index (χ1v) is 11.4. The number of hydrogen-bond acceptors (Lipinski definition) is 8. The number of rotatable bonds is 5. The molecule has 3 aromatic rings. The number of imidazole rings is 1. The van der Waals surface area contributed by atoms with Crippen LogP contribution in [0.1, 0.15) is 19.0 Å². The summed E-state index contributed by atoms with van der Waals surface area (Å²) in [6, 6.07) is 4.31. The lowest BCUT2D eigenvalue weighted by atomic mass is 10.1. The van der Waals surface area contributed by atoms with E-state index in [2.05, 4.69) is 20.1 Å². The Kier molecular flexibility index (Phi) is 5.36. The fraction of sp³-hybridized carbons (Fsp3) is 0.444. The largest absolute Gasteiger partial charge is 0.373 e. The molecule has 0 aliphatic carbocycles. The van der Waals surface area contributed by atoms with Crippen molar-refractivity contribution in [1.82, 2.24) is 24.6 Å². The van der Waals surface area contributed by atoms with Crippen LogP contribution in [0.4, 0.5) is 14.6 Å². The van der Waals surface area contributed by atoms with Gasteiger partial charge < -0.3 is 9.64 Å². The Morgan fingerprint density at radius 2 is 2.13 bits per heavy atom. The number of anilines is 1. The summed E-state index contributed by atoms with van der Waals surface area (Å²) in [6.45, 7) is 2.91. The second-order valence-electron chi connectivity index (χ2n) is 7.25. The second kappa shape index (κ2) is 7.84. The molecule has 12 heteroatoms. The van der Waals surface area contributed by atoms with E-state index < -0.39 is 16.2 Å². The highest BCUT2D eigenvalue weighted by molar-refractivity contribution is 7.91. The van der Waals surface area contributed by atoms with Crippen LogP contribution in [0.3, 0.4) is 0 Å². The van der Waals surface area contributed by atoms with Gasteiger partial charge in [-0.15, -0.1) is 0 Å². The number of nitrogens with zero attached hydrogens (tertiary/aromatic N) is 6. The van der Waals surface area contributed by atoms with Crippen LogP contribution in [0.2, 0.25) is 0 Å². The quantitative estimate of drug-likeness (QED) is 0.653. The van der Waals surface area contributed by atoms with Gasteiger partial charge in [0.05, 0.1) is 36.4 Å². The lowest BCUT2D eigenvalue weighted by molar-refractivity contribution is 0.0305. The molecule has 0 bridgehead atoms. The van der Waals surface area contributed by atoms with Crippen molar-refractivity contribution in [3.63, 3.8) is 0 Å². The first-order chi connectivity index (χ1) is 14.2. The molecule has 0 saturated carbocycles. The fourth-order valence-electron chi connectivity index (χ4n) is 3.49. The van der Waals surface area contributed by atoms with Gasteiger partial charge >= 0.3 is 0 Å². The molecule has 0 radical (unpaired) electrons. The third kappa shape index (κ3) is 4.10. The van der Waals surface area contributed by atoms with Crippen LogP contribution in [-0.2, 0) is 14.5 Å². The lowest BCUT2D eigenvalue weighted by Gasteiger charge is -2.40. The van der Waals surface area contributed by atoms with Crippen molar-refractivity contribution in [2.45, 2.75) is 25.5 Å². The number of morpholine rings is 1. The lowest BCUT2D eigenvalue weighted by Crippen LogP contribution is -2.52. The van der Waals surface area contributed by atoms with Gasteiger partial charge in [-0.1, -0.05) is 0 Å². The summed E-state index contributed by atoms with van der Waals surface area (Å²) < 4.78 is 52.8. The van der Waals surface area contributed by atoms with Crippen molar-refractivity contribution in [1.29, 1.82) is 4.78 Å². The van der Waals surface area contributed by atoms with E-state index in [1.807, 2.05) is 11.8 Å². The molecule has 9 nitrogen and oxygen atoms in total. The summed E-state index contributed by atoms with van der Waals surface area (Å²) in [7, 11) is -2.71. The number of hydrogen-bond donors (Lipinski definition) is 1. The van der Waals surface area contributed by atoms with E-state index in [-0.39, 0.29) is 23.6 Å². The Morgan fingerprint density at radius 3 is 2.87 bits per heavy atom. The van der Waals surface area contributed by atoms with Gasteiger partial charge in [-0.3, -0.25) is 8.99 Å².